The largest absolute Gasteiger partial charge is 0.494 e. The molecule has 0 saturated carbocycles. The molecular formula is C12H17NO. The summed E-state index contributed by atoms with van der Waals surface area (Å²) < 4.78 is 5.46. The summed E-state index contributed by atoms with van der Waals surface area (Å²) in [6, 6.07) is 6.31. The molecule has 0 bridgehead atoms. The minimum Gasteiger partial charge on any atom is -0.494 e. The number of hydrogen-bond donors (Lipinski definition) is 1. The molecule has 1 aliphatic heterocycles. The van der Waals surface area contributed by atoms with Crippen LogP contribution in [0.3, 0.4) is 0 Å². The lowest BCUT2D eigenvalue weighted by Crippen LogP contribution is -2.18. The molecule has 0 amide bonds. The summed E-state index contributed by atoms with van der Waals surface area (Å²) in [5, 5.41) is 3.41. The van der Waals surface area contributed by atoms with Crippen LogP contribution in [0.1, 0.15) is 26.3 Å². The monoisotopic (exact) mass is 191 g/mol. The molecule has 1 heterocycles. The van der Waals surface area contributed by atoms with E-state index >= 15 is 0 Å². The van der Waals surface area contributed by atoms with Crippen LogP contribution in [-0.4, -0.2) is 13.2 Å². The number of benzene rings is 1. The minimum atomic E-state index is 0.250. The maximum Gasteiger partial charge on any atom is 0.121 e. The van der Waals surface area contributed by atoms with Gasteiger partial charge >= 0.3 is 0 Å². The molecule has 0 aliphatic carbocycles. The molecule has 2 nitrogen and oxygen atoms in total. The van der Waals surface area contributed by atoms with Gasteiger partial charge in [0, 0.05) is 23.7 Å². The van der Waals surface area contributed by atoms with Crippen LogP contribution in [0.15, 0.2) is 18.2 Å². The highest BCUT2D eigenvalue weighted by Crippen LogP contribution is 2.37. The van der Waals surface area contributed by atoms with Gasteiger partial charge in [-0.3, -0.25) is 0 Å². The van der Waals surface area contributed by atoms with Crippen LogP contribution >= 0.6 is 0 Å². The number of ether oxygens (including phenoxy) is 1. The van der Waals surface area contributed by atoms with Gasteiger partial charge in [0.15, 0.2) is 0 Å². The summed E-state index contributed by atoms with van der Waals surface area (Å²) in [5.74, 6) is 0.955. The van der Waals surface area contributed by atoms with E-state index in [1.807, 2.05) is 6.92 Å². The quantitative estimate of drug-likeness (QED) is 0.776. The number of fused-ring (bicyclic) bond motifs is 1. The summed E-state index contributed by atoms with van der Waals surface area (Å²) in [6.45, 7) is 8.25. The van der Waals surface area contributed by atoms with E-state index in [9.17, 15) is 0 Å². The maximum atomic E-state index is 5.46. The predicted molar refractivity (Wildman–Crippen MR) is 59.1 cm³/mol. The van der Waals surface area contributed by atoms with Crippen LogP contribution in [0.4, 0.5) is 5.69 Å². The van der Waals surface area contributed by atoms with Gasteiger partial charge in [-0.2, -0.15) is 0 Å². The lowest BCUT2D eigenvalue weighted by atomic mass is 9.87. The third-order valence-electron chi connectivity index (χ3n) is 2.75. The third-order valence-corrected chi connectivity index (χ3v) is 2.75. The summed E-state index contributed by atoms with van der Waals surface area (Å²) >= 11 is 0. The van der Waals surface area contributed by atoms with E-state index < -0.39 is 0 Å². The van der Waals surface area contributed by atoms with Gasteiger partial charge < -0.3 is 10.1 Å². The van der Waals surface area contributed by atoms with E-state index in [1.54, 1.807) is 0 Å². The summed E-state index contributed by atoms with van der Waals surface area (Å²) in [7, 11) is 0. The topological polar surface area (TPSA) is 21.3 Å². The van der Waals surface area contributed by atoms with Gasteiger partial charge in [-0.05, 0) is 18.6 Å². The number of nitrogens with one attached hydrogen (secondary N) is 1. The molecule has 0 aromatic heterocycles. The van der Waals surface area contributed by atoms with Gasteiger partial charge in [0.05, 0.1) is 6.61 Å². The molecule has 0 spiro atoms. The van der Waals surface area contributed by atoms with Crippen LogP contribution < -0.4 is 10.1 Å². The van der Waals surface area contributed by atoms with Crippen molar-refractivity contribution in [2.75, 3.05) is 18.5 Å². The van der Waals surface area contributed by atoms with Gasteiger partial charge in [0.2, 0.25) is 0 Å². The fraction of sp³-hybridized carbons (Fsp3) is 0.500. The highest BCUT2D eigenvalue weighted by molar-refractivity contribution is 5.62. The second kappa shape index (κ2) is 3.19. The molecular weight excluding hydrogens is 174 g/mol. The van der Waals surface area contributed by atoms with Gasteiger partial charge in [0.1, 0.15) is 5.75 Å². The van der Waals surface area contributed by atoms with Crippen molar-refractivity contribution >= 4 is 5.69 Å². The number of anilines is 1. The highest BCUT2D eigenvalue weighted by atomic mass is 16.5. The van der Waals surface area contributed by atoms with Crippen molar-refractivity contribution in [1.82, 2.24) is 0 Å². The van der Waals surface area contributed by atoms with Crippen molar-refractivity contribution in [3.63, 3.8) is 0 Å². The molecule has 0 unspecified atom stereocenters. The van der Waals surface area contributed by atoms with Gasteiger partial charge in [-0.1, -0.05) is 19.9 Å². The van der Waals surface area contributed by atoms with E-state index in [1.165, 1.54) is 11.3 Å². The van der Waals surface area contributed by atoms with Crippen LogP contribution in [-0.2, 0) is 5.41 Å². The first kappa shape index (κ1) is 9.38. The zero-order valence-electron chi connectivity index (χ0n) is 9.05. The van der Waals surface area contributed by atoms with E-state index in [0.29, 0.717) is 0 Å². The van der Waals surface area contributed by atoms with Gasteiger partial charge in [0.25, 0.3) is 0 Å². The molecule has 0 fully saturated rings. The average Bonchev–Trinajstić information content (AvgIpc) is 2.43. The smallest absolute Gasteiger partial charge is 0.121 e. The first-order chi connectivity index (χ1) is 6.63. The summed E-state index contributed by atoms with van der Waals surface area (Å²) in [5.41, 5.74) is 2.86. The molecule has 0 radical (unpaired) electrons. The minimum absolute atomic E-state index is 0.250. The second-order valence-corrected chi connectivity index (χ2v) is 4.38. The molecule has 1 aromatic rings. The Hall–Kier alpha value is -1.18. The Balaban J connectivity index is 2.34. The lowest BCUT2D eigenvalue weighted by Gasteiger charge is -2.16. The van der Waals surface area contributed by atoms with Crippen LogP contribution in [0.2, 0.25) is 0 Å². The fourth-order valence-corrected chi connectivity index (χ4v) is 1.93. The Labute approximate surface area is 85.3 Å². The maximum absolute atomic E-state index is 5.46. The SMILES string of the molecule is CCOc1ccc2c(c1)NCC2(C)C. The van der Waals surface area contributed by atoms with Crippen LogP contribution in [0.5, 0.6) is 5.75 Å². The van der Waals surface area contributed by atoms with Crippen LogP contribution in [0, 0.1) is 0 Å². The third kappa shape index (κ3) is 1.45. The summed E-state index contributed by atoms with van der Waals surface area (Å²) in [6.07, 6.45) is 0. The first-order valence-electron chi connectivity index (χ1n) is 5.15. The van der Waals surface area contributed by atoms with Crippen LogP contribution in [0.25, 0.3) is 0 Å². The van der Waals surface area contributed by atoms with E-state index in [4.69, 9.17) is 4.74 Å². The molecule has 1 aliphatic rings. The normalized spacial score (nSPS) is 17.4. The number of hydrogen-bond acceptors (Lipinski definition) is 2. The standard InChI is InChI=1S/C12H17NO/c1-4-14-9-5-6-10-11(7-9)13-8-12(10,2)3/h5-7,13H,4,8H2,1-3H3. The van der Waals surface area contributed by atoms with Gasteiger partial charge in [-0.25, -0.2) is 0 Å². The van der Waals surface area contributed by atoms with E-state index in [2.05, 4.69) is 37.4 Å². The molecule has 0 saturated heterocycles. The number of rotatable bonds is 2. The Kier molecular flexibility index (Phi) is 2.14. The van der Waals surface area contributed by atoms with E-state index in [0.717, 1.165) is 18.9 Å². The second-order valence-electron chi connectivity index (χ2n) is 4.38. The Morgan fingerprint density at radius 1 is 1.43 bits per heavy atom. The molecule has 2 heteroatoms. The molecule has 2 rings (SSSR count). The Bertz CT molecular complexity index is 344. The average molecular weight is 191 g/mol. The van der Waals surface area contributed by atoms with Crippen molar-refractivity contribution in [3.8, 4) is 5.75 Å². The molecule has 1 N–H and O–H groups in total. The first-order valence-corrected chi connectivity index (χ1v) is 5.15. The molecule has 76 valence electrons. The molecule has 0 atom stereocenters. The lowest BCUT2D eigenvalue weighted by molar-refractivity contribution is 0.340. The predicted octanol–water partition coefficient (Wildman–Crippen LogP) is 2.79. The van der Waals surface area contributed by atoms with Crippen molar-refractivity contribution in [2.24, 2.45) is 0 Å². The molecule has 1 aromatic carbocycles. The van der Waals surface area contributed by atoms with Crippen molar-refractivity contribution < 1.29 is 4.74 Å². The highest BCUT2D eigenvalue weighted by Gasteiger charge is 2.29. The van der Waals surface area contributed by atoms with Crippen molar-refractivity contribution in [2.45, 2.75) is 26.2 Å². The van der Waals surface area contributed by atoms with Crippen molar-refractivity contribution in [3.05, 3.63) is 23.8 Å². The summed E-state index contributed by atoms with van der Waals surface area (Å²) in [4.78, 5) is 0. The van der Waals surface area contributed by atoms with Crippen molar-refractivity contribution in [1.29, 1.82) is 0 Å². The zero-order chi connectivity index (χ0) is 10.2. The molecule has 14 heavy (non-hydrogen) atoms. The fourth-order valence-electron chi connectivity index (χ4n) is 1.93. The van der Waals surface area contributed by atoms with E-state index in [-0.39, 0.29) is 5.41 Å². The zero-order valence-corrected chi connectivity index (χ0v) is 9.05. The van der Waals surface area contributed by atoms with Gasteiger partial charge in [-0.15, -0.1) is 0 Å². The Morgan fingerprint density at radius 2 is 2.21 bits per heavy atom. The Morgan fingerprint density at radius 3 is 2.93 bits per heavy atom.